The van der Waals surface area contributed by atoms with Gasteiger partial charge in [-0.2, -0.15) is 0 Å². The molecule has 3 rings (SSSR count). The topological polar surface area (TPSA) is 70.8 Å². The average Bonchev–Trinajstić information content (AvgIpc) is 3.05. The van der Waals surface area contributed by atoms with E-state index in [2.05, 4.69) is 32.4 Å². The lowest BCUT2D eigenvalue weighted by Crippen LogP contribution is -2.47. The highest BCUT2D eigenvalue weighted by atomic mass is 16.5. The highest BCUT2D eigenvalue weighted by Crippen LogP contribution is 2.22. The van der Waals surface area contributed by atoms with Gasteiger partial charge in [0.25, 0.3) is 0 Å². The van der Waals surface area contributed by atoms with E-state index >= 15 is 0 Å². The predicted molar refractivity (Wildman–Crippen MR) is 96.1 cm³/mol. The number of aromatic nitrogens is 1. The van der Waals surface area contributed by atoms with Gasteiger partial charge in [-0.3, -0.25) is 9.69 Å². The summed E-state index contributed by atoms with van der Waals surface area (Å²) in [7, 11) is 1.68. The third-order valence-corrected chi connectivity index (χ3v) is 4.34. The van der Waals surface area contributed by atoms with Crippen LogP contribution in [0.15, 0.2) is 34.9 Å². The molecule has 1 aromatic carbocycles. The quantitative estimate of drug-likeness (QED) is 0.866. The molecular formula is C18H24N4O3. The minimum atomic E-state index is -0.0384. The Morgan fingerprint density at radius 3 is 2.76 bits per heavy atom. The van der Waals surface area contributed by atoms with E-state index in [9.17, 15) is 4.79 Å². The molecule has 134 valence electrons. The van der Waals surface area contributed by atoms with Gasteiger partial charge in [0, 0.05) is 57.0 Å². The number of benzene rings is 1. The molecule has 2 aromatic rings. The number of carbonyl (C=O) groups excluding carboxylic acids is 1. The number of rotatable bonds is 6. The van der Waals surface area contributed by atoms with Crippen molar-refractivity contribution in [2.75, 3.05) is 50.1 Å². The van der Waals surface area contributed by atoms with Crippen LogP contribution in [0.3, 0.4) is 0 Å². The fourth-order valence-electron chi connectivity index (χ4n) is 2.93. The summed E-state index contributed by atoms with van der Waals surface area (Å²) >= 11 is 0. The Labute approximate surface area is 147 Å². The number of anilines is 2. The highest BCUT2D eigenvalue weighted by Gasteiger charge is 2.18. The number of nitrogens with zero attached hydrogens (tertiary/aromatic N) is 3. The van der Waals surface area contributed by atoms with Gasteiger partial charge in [-0.05, 0) is 19.1 Å². The van der Waals surface area contributed by atoms with E-state index < -0.39 is 0 Å². The number of carbonyl (C=O) groups is 1. The van der Waals surface area contributed by atoms with E-state index in [4.69, 9.17) is 9.26 Å². The summed E-state index contributed by atoms with van der Waals surface area (Å²) in [5.74, 6) is 2.00. The molecule has 1 fully saturated rings. The highest BCUT2D eigenvalue weighted by molar-refractivity contribution is 5.89. The monoisotopic (exact) mass is 344 g/mol. The summed E-state index contributed by atoms with van der Waals surface area (Å²) in [4.78, 5) is 16.6. The van der Waals surface area contributed by atoms with Crippen LogP contribution in [-0.4, -0.2) is 55.8 Å². The Morgan fingerprint density at radius 2 is 2.08 bits per heavy atom. The number of hydrogen-bond acceptors (Lipinski definition) is 6. The normalized spacial score (nSPS) is 15.2. The SMILES string of the molecule is COc1cccc(N2CCN(CCC(=O)Nc3cc(C)on3)CC2)c1. The van der Waals surface area contributed by atoms with Crippen molar-refractivity contribution in [1.82, 2.24) is 10.1 Å². The van der Waals surface area contributed by atoms with Crippen LogP contribution in [0, 0.1) is 6.92 Å². The van der Waals surface area contributed by atoms with Gasteiger partial charge in [0.15, 0.2) is 5.82 Å². The maximum Gasteiger partial charge on any atom is 0.226 e. The molecule has 0 atom stereocenters. The van der Waals surface area contributed by atoms with Crippen molar-refractivity contribution in [3.8, 4) is 5.75 Å². The summed E-state index contributed by atoms with van der Waals surface area (Å²) in [6, 6.07) is 9.84. The van der Waals surface area contributed by atoms with Gasteiger partial charge >= 0.3 is 0 Å². The van der Waals surface area contributed by atoms with Crippen LogP contribution in [0.1, 0.15) is 12.2 Å². The molecule has 1 aromatic heterocycles. The van der Waals surface area contributed by atoms with E-state index in [0.717, 1.165) is 38.5 Å². The second-order valence-corrected chi connectivity index (χ2v) is 6.15. The summed E-state index contributed by atoms with van der Waals surface area (Å²) in [5.41, 5.74) is 1.18. The summed E-state index contributed by atoms with van der Waals surface area (Å²) in [5, 5.41) is 6.53. The molecule has 7 heteroatoms. The first kappa shape index (κ1) is 17.3. The largest absolute Gasteiger partial charge is 0.497 e. The second-order valence-electron chi connectivity index (χ2n) is 6.15. The lowest BCUT2D eigenvalue weighted by atomic mass is 10.2. The summed E-state index contributed by atoms with van der Waals surface area (Å²) in [6.45, 7) is 6.30. The van der Waals surface area contributed by atoms with Crippen molar-refractivity contribution in [2.24, 2.45) is 0 Å². The Morgan fingerprint density at radius 1 is 1.28 bits per heavy atom. The molecule has 0 spiro atoms. The molecular weight excluding hydrogens is 320 g/mol. The van der Waals surface area contributed by atoms with Gasteiger partial charge in [-0.25, -0.2) is 0 Å². The maximum atomic E-state index is 12.0. The first-order valence-corrected chi connectivity index (χ1v) is 8.48. The molecule has 7 nitrogen and oxygen atoms in total. The van der Waals surface area contributed by atoms with E-state index in [1.54, 1.807) is 20.1 Å². The molecule has 1 aliphatic heterocycles. The third-order valence-electron chi connectivity index (χ3n) is 4.34. The zero-order chi connectivity index (χ0) is 17.6. The summed E-state index contributed by atoms with van der Waals surface area (Å²) in [6.07, 6.45) is 0.449. The minimum Gasteiger partial charge on any atom is -0.497 e. The van der Waals surface area contributed by atoms with Crippen molar-refractivity contribution >= 4 is 17.4 Å². The van der Waals surface area contributed by atoms with Gasteiger partial charge < -0.3 is 19.5 Å². The fraction of sp³-hybridized carbons (Fsp3) is 0.444. The number of piperazine rings is 1. The van der Waals surface area contributed by atoms with Crippen molar-refractivity contribution in [3.63, 3.8) is 0 Å². The van der Waals surface area contributed by atoms with Crippen LogP contribution in [-0.2, 0) is 4.79 Å². The number of nitrogens with one attached hydrogen (secondary N) is 1. The molecule has 1 amide bonds. The van der Waals surface area contributed by atoms with Crippen molar-refractivity contribution in [3.05, 3.63) is 36.1 Å². The smallest absolute Gasteiger partial charge is 0.226 e. The standard InChI is InChI=1S/C18H24N4O3/c1-14-12-17(20-25-14)19-18(23)6-7-21-8-10-22(11-9-21)15-4-3-5-16(13-15)24-2/h3-5,12-13H,6-11H2,1-2H3,(H,19,20,23). The van der Waals surface area contributed by atoms with Crippen molar-refractivity contribution in [1.29, 1.82) is 0 Å². The molecule has 1 aliphatic rings. The number of methoxy groups -OCH3 is 1. The van der Waals surface area contributed by atoms with Crippen LogP contribution in [0.25, 0.3) is 0 Å². The van der Waals surface area contributed by atoms with Crippen LogP contribution >= 0.6 is 0 Å². The van der Waals surface area contributed by atoms with Gasteiger partial charge in [0.2, 0.25) is 5.91 Å². The molecule has 0 unspecified atom stereocenters. The Hall–Kier alpha value is -2.54. The lowest BCUT2D eigenvalue weighted by Gasteiger charge is -2.36. The molecule has 0 saturated carbocycles. The van der Waals surface area contributed by atoms with E-state index in [1.165, 1.54) is 5.69 Å². The van der Waals surface area contributed by atoms with Gasteiger partial charge in [0.05, 0.1) is 7.11 Å². The fourth-order valence-corrected chi connectivity index (χ4v) is 2.93. The number of hydrogen-bond donors (Lipinski definition) is 1. The molecule has 25 heavy (non-hydrogen) atoms. The Balaban J connectivity index is 1.42. The van der Waals surface area contributed by atoms with Crippen LogP contribution in [0.5, 0.6) is 5.75 Å². The van der Waals surface area contributed by atoms with Crippen LogP contribution in [0.2, 0.25) is 0 Å². The van der Waals surface area contributed by atoms with E-state index in [1.807, 2.05) is 12.1 Å². The van der Waals surface area contributed by atoms with Crippen LogP contribution < -0.4 is 15.0 Å². The Kier molecular flexibility index (Phi) is 5.55. The average molecular weight is 344 g/mol. The van der Waals surface area contributed by atoms with Gasteiger partial charge in [-0.15, -0.1) is 0 Å². The molecule has 0 aliphatic carbocycles. The molecule has 1 saturated heterocycles. The molecule has 0 bridgehead atoms. The molecule has 1 N–H and O–H groups in total. The first-order valence-electron chi connectivity index (χ1n) is 8.48. The predicted octanol–water partition coefficient (Wildman–Crippen LogP) is 2.14. The minimum absolute atomic E-state index is 0.0384. The first-order chi connectivity index (χ1) is 12.1. The molecule has 2 heterocycles. The summed E-state index contributed by atoms with van der Waals surface area (Å²) < 4.78 is 10.2. The third kappa shape index (κ3) is 4.73. The van der Waals surface area contributed by atoms with E-state index in [-0.39, 0.29) is 5.91 Å². The number of aryl methyl sites for hydroxylation is 1. The maximum absolute atomic E-state index is 12.0. The lowest BCUT2D eigenvalue weighted by molar-refractivity contribution is -0.116. The van der Waals surface area contributed by atoms with Gasteiger partial charge in [-0.1, -0.05) is 11.2 Å². The number of ether oxygens (including phenoxy) is 1. The zero-order valence-corrected chi connectivity index (χ0v) is 14.7. The van der Waals surface area contributed by atoms with Gasteiger partial charge in [0.1, 0.15) is 11.5 Å². The Bertz CT molecular complexity index is 708. The number of amides is 1. The van der Waals surface area contributed by atoms with Crippen LogP contribution in [0.4, 0.5) is 11.5 Å². The zero-order valence-electron chi connectivity index (χ0n) is 14.7. The van der Waals surface area contributed by atoms with Crippen molar-refractivity contribution < 1.29 is 14.1 Å². The second kappa shape index (κ2) is 8.02. The molecule has 0 radical (unpaired) electrons. The van der Waals surface area contributed by atoms with Crippen molar-refractivity contribution in [2.45, 2.75) is 13.3 Å². The van der Waals surface area contributed by atoms with E-state index in [0.29, 0.717) is 18.0 Å².